The van der Waals surface area contributed by atoms with Crippen molar-refractivity contribution in [3.05, 3.63) is 87.8 Å². The Balaban J connectivity index is 1.34. The highest BCUT2D eigenvalue weighted by Crippen LogP contribution is 2.36. The summed E-state index contributed by atoms with van der Waals surface area (Å²) in [5.41, 5.74) is -0.976. The van der Waals surface area contributed by atoms with Crippen LogP contribution in [0.5, 0.6) is 0 Å². The van der Waals surface area contributed by atoms with E-state index in [4.69, 9.17) is 4.74 Å². The zero-order valence-electron chi connectivity index (χ0n) is 20.6. The Hall–Kier alpha value is -3.79. The van der Waals surface area contributed by atoms with Gasteiger partial charge < -0.3 is 4.74 Å². The first-order chi connectivity index (χ1) is 18.2. The number of halogens is 3. The third kappa shape index (κ3) is 5.40. The number of aromatic amines is 1. The lowest BCUT2D eigenvalue weighted by atomic mass is 9.79. The molecule has 0 radical (unpaired) electrons. The number of nitrogens with zero attached hydrogens (tertiary/aromatic N) is 3. The number of hydrogen-bond acceptors (Lipinski definition) is 5. The summed E-state index contributed by atoms with van der Waals surface area (Å²) in [5, 5.41) is 2.94. The fraction of sp³-hybridized carbons (Fsp3) is 0.357. The van der Waals surface area contributed by atoms with Crippen molar-refractivity contribution in [1.29, 1.82) is 0 Å². The summed E-state index contributed by atoms with van der Waals surface area (Å²) in [6.07, 6.45) is -1.11. The lowest BCUT2D eigenvalue weighted by Gasteiger charge is -2.36. The molecule has 0 bridgehead atoms. The first-order valence-corrected chi connectivity index (χ1v) is 12.6. The number of aromatic nitrogens is 4. The number of H-pyrrole nitrogens is 1. The minimum absolute atomic E-state index is 0.0271. The molecule has 1 aliphatic rings. The van der Waals surface area contributed by atoms with Crippen LogP contribution in [0.3, 0.4) is 0 Å². The lowest BCUT2D eigenvalue weighted by Crippen LogP contribution is -2.43. The number of ether oxygens (including phenoxy) is 1. The third-order valence-corrected chi connectivity index (χ3v) is 7.04. The molecule has 198 valence electrons. The molecule has 2 heterocycles. The number of carbonyl (C=O) groups excluding carboxylic acids is 1. The molecule has 4 aromatic rings. The molecule has 1 saturated carbocycles. The molecule has 7 nitrogen and oxygen atoms in total. The highest BCUT2D eigenvalue weighted by molar-refractivity contribution is 5.87. The Kier molecular flexibility index (Phi) is 7.16. The fourth-order valence-corrected chi connectivity index (χ4v) is 5.06. The average Bonchev–Trinajstić information content (AvgIpc) is 3.36. The second kappa shape index (κ2) is 10.5. The van der Waals surface area contributed by atoms with Crippen LogP contribution < -0.4 is 5.56 Å². The van der Waals surface area contributed by atoms with Gasteiger partial charge in [0.2, 0.25) is 0 Å². The van der Waals surface area contributed by atoms with Crippen molar-refractivity contribution in [3.63, 3.8) is 0 Å². The van der Waals surface area contributed by atoms with E-state index in [1.807, 2.05) is 30.3 Å². The Bertz CT molecular complexity index is 1490. The van der Waals surface area contributed by atoms with Gasteiger partial charge in [-0.05, 0) is 30.9 Å². The predicted octanol–water partition coefficient (Wildman–Crippen LogP) is 5.52. The Morgan fingerprint density at radius 3 is 2.45 bits per heavy atom. The molecule has 0 unspecified atom stereocenters. The second-order valence-electron chi connectivity index (χ2n) is 9.58. The number of Topliss-reactive ketones (excluding diaryl/α,β-unsaturated/α-hetero) is 1. The minimum atomic E-state index is -4.48. The number of benzene rings is 2. The standard InChI is InChI=1S/C28H27F3N4O3/c29-28(30,31)22-12-6-5-9-19(22)13-14-23(36)27(15-7-2-8-16-27)38-18-21-17-24(37)35-26(32-21)33-25(34-35)20-10-3-1-4-11-20/h1,3-6,9-12,17H,2,7-8,13-16,18H2,(H,32,33,34). The molecule has 38 heavy (non-hydrogen) atoms. The molecular formula is C28H27F3N4O3. The van der Waals surface area contributed by atoms with Crippen LogP contribution in [-0.4, -0.2) is 31.0 Å². The summed E-state index contributed by atoms with van der Waals surface area (Å²) in [5.74, 6) is 0.451. The van der Waals surface area contributed by atoms with Gasteiger partial charge in [-0.1, -0.05) is 67.8 Å². The predicted molar refractivity (Wildman–Crippen MR) is 134 cm³/mol. The average molecular weight is 525 g/mol. The van der Waals surface area contributed by atoms with Crippen LogP contribution in [-0.2, 0) is 28.7 Å². The normalized spacial score (nSPS) is 15.6. The molecule has 0 aliphatic heterocycles. The van der Waals surface area contributed by atoms with Crippen molar-refractivity contribution in [3.8, 4) is 11.4 Å². The van der Waals surface area contributed by atoms with Crippen molar-refractivity contribution in [2.45, 2.75) is 63.3 Å². The smallest absolute Gasteiger partial charge is 0.361 e. The summed E-state index contributed by atoms with van der Waals surface area (Å²) < 4.78 is 47.6. The summed E-state index contributed by atoms with van der Waals surface area (Å²) in [7, 11) is 0. The van der Waals surface area contributed by atoms with E-state index in [1.54, 1.807) is 6.07 Å². The molecule has 0 amide bonds. The first-order valence-electron chi connectivity index (χ1n) is 12.6. The molecular weight excluding hydrogens is 497 g/mol. The number of fused-ring (bicyclic) bond motifs is 1. The monoisotopic (exact) mass is 524 g/mol. The molecule has 10 heteroatoms. The molecule has 0 spiro atoms. The summed E-state index contributed by atoms with van der Waals surface area (Å²) in [4.78, 5) is 35.0. The number of carbonyl (C=O) groups is 1. The second-order valence-corrected chi connectivity index (χ2v) is 9.58. The van der Waals surface area contributed by atoms with Crippen LogP contribution >= 0.6 is 0 Å². The number of ketones is 1. The molecule has 1 aliphatic carbocycles. The van der Waals surface area contributed by atoms with Crippen molar-refractivity contribution in [2.24, 2.45) is 0 Å². The maximum absolute atomic E-state index is 13.4. The highest BCUT2D eigenvalue weighted by atomic mass is 19.4. The molecule has 5 rings (SSSR count). The van der Waals surface area contributed by atoms with Gasteiger partial charge in [0.25, 0.3) is 11.3 Å². The number of alkyl halides is 3. The van der Waals surface area contributed by atoms with Crippen LogP contribution in [0, 0.1) is 0 Å². The highest BCUT2D eigenvalue weighted by Gasteiger charge is 2.40. The molecule has 2 aromatic heterocycles. The fourth-order valence-electron chi connectivity index (χ4n) is 5.06. The Labute approximate surface area is 216 Å². The Morgan fingerprint density at radius 1 is 1.00 bits per heavy atom. The van der Waals surface area contributed by atoms with Gasteiger partial charge in [0.15, 0.2) is 11.6 Å². The van der Waals surface area contributed by atoms with E-state index in [2.05, 4.69) is 15.1 Å². The van der Waals surface area contributed by atoms with Crippen LogP contribution in [0.4, 0.5) is 13.2 Å². The van der Waals surface area contributed by atoms with E-state index in [9.17, 15) is 22.8 Å². The quantitative estimate of drug-likeness (QED) is 0.328. The number of nitrogens with one attached hydrogen (secondary N) is 1. The van der Waals surface area contributed by atoms with Gasteiger partial charge in [-0.2, -0.15) is 22.7 Å². The van der Waals surface area contributed by atoms with Gasteiger partial charge in [-0.25, -0.2) is 4.98 Å². The molecule has 1 fully saturated rings. The summed E-state index contributed by atoms with van der Waals surface area (Å²) in [6, 6.07) is 16.0. The first kappa shape index (κ1) is 25.8. The van der Waals surface area contributed by atoms with Crippen LogP contribution in [0.25, 0.3) is 17.2 Å². The van der Waals surface area contributed by atoms with E-state index < -0.39 is 17.3 Å². The van der Waals surface area contributed by atoms with Crippen molar-refractivity contribution < 1.29 is 22.7 Å². The molecule has 0 saturated heterocycles. The molecule has 2 aromatic carbocycles. The van der Waals surface area contributed by atoms with Gasteiger partial charge in [0.1, 0.15) is 5.60 Å². The zero-order valence-corrected chi connectivity index (χ0v) is 20.6. The van der Waals surface area contributed by atoms with Crippen molar-refractivity contribution >= 4 is 11.6 Å². The summed E-state index contributed by atoms with van der Waals surface area (Å²) >= 11 is 0. The van der Waals surface area contributed by atoms with Crippen LogP contribution in [0.15, 0.2) is 65.5 Å². The van der Waals surface area contributed by atoms with E-state index >= 15 is 0 Å². The number of hydrogen-bond donors (Lipinski definition) is 1. The summed E-state index contributed by atoms with van der Waals surface area (Å²) in [6.45, 7) is -0.0792. The van der Waals surface area contributed by atoms with Gasteiger partial charge >= 0.3 is 6.18 Å². The van der Waals surface area contributed by atoms with E-state index in [0.717, 1.165) is 30.9 Å². The van der Waals surface area contributed by atoms with Gasteiger partial charge in [-0.15, -0.1) is 0 Å². The van der Waals surface area contributed by atoms with Gasteiger partial charge in [0, 0.05) is 18.1 Å². The van der Waals surface area contributed by atoms with Crippen LogP contribution in [0.1, 0.15) is 55.3 Å². The SMILES string of the molecule is O=C(CCc1ccccc1C(F)(F)F)C1(OCc2cc(=O)n3[nH]c(-c4ccccc4)nc3n2)CCCCC1. The lowest BCUT2D eigenvalue weighted by molar-refractivity contribution is -0.152. The van der Waals surface area contributed by atoms with E-state index in [1.165, 1.54) is 22.7 Å². The third-order valence-electron chi connectivity index (χ3n) is 7.04. The van der Waals surface area contributed by atoms with Gasteiger partial charge in [0.05, 0.1) is 17.9 Å². The zero-order chi connectivity index (χ0) is 26.8. The Morgan fingerprint density at radius 2 is 1.71 bits per heavy atom. The van der Waals surface area contributed by atoms with Crippen molar-refractivity contribution in [2.75, 3.05) is 0 Å². The minimum Gasteiger partial charge on any atom is -0.361 e. The van der Waals surface area contributed by atoms with E-state index in [0.29, 0.717) is 24.4 Å². The maximum Gasteiger partial charge on any atom is 0.416 e. The van der Waals surface area contributed by atoms with E-state index in [-0.39, 0.29) is 42.1 Å². The largest absolute Gasteiger partial charge is 0.416 e. The number of aryl methyl sites for hydroxylation is 1. The molecule has 1 N–H and O–H groups in total. The molecule has 0 atom stereocenters. The maximum atomic E-state index is 13.4. The number of rotatable bonds is 8. The topological polar surface area (TPSA) is 89.4 Å². The van der Waals surface area contributed by atoms with Crippen LogP contribution in [0.2, 0.25) is 0 Å². The van der Waals surface area contributed by atoms with Gasteiger partial charge in [-0.3, -0.25) is 14.7 Å². The van der Waals surface area contributed by atoms with Crippen molar-refractivity contribution in [1.82, 2.24) is 19.6 Å².